The predicted octanol–water partition coefficient (Wildman–Crippen LogP) is 4.33. The van der Waals surface area contributed by atoms with Crippen LogP contribution in [0.25, 0.3) is 0 Å². The Morgan fingerprint density at radius 2 is 1.86 bits per heavy atom. The van der Waals surface area contributed by atoms with Gasteiger partial charge in [0, 0.05) is 49.3 Å². The van der Waals surface area contributed by atoms with Crippen LogP contribution in [0, 0.1) is 0 Å². The number of nitrogens with zero attached hydrogens (tertiary/aromatic N) is 3. The van der Waals surface area contributed by atoms with Crippen molar-refractivity contribution in [2.45, 2.75) is 38.0 Å². The maximum atomic E-state index is 11.8. The fourth-order valence-corrected chi connectivity index (χ4v) is 4.81. The summed E-state index contributed by atoms with van der Waals surface area (Å²) >= 11 is 3.51. The molecule has 28 heavy (non-hydrogen) atoms. The Morgan fingerprint density at radius 3 is 2.57 bits per heavy atom. The number of amides is 1. The Bertz CT molecular complexity index is 949. The maximum Gasteiger partial charge on any atom is 0.219 e. The van der Waals surface area contributed by atoms with Crippen LogP contribution in [0.3, 0.4) is 0 Å². The Balaban J connectivity index is 1.53. The molecule has 2 aromatic rings. The van der Waals surface area contributed by atoms with E-state index >= 15 is 0 Å². The van der Waals surface area contributed by atoms with Gasteiger partial charge in [-0.2, -0.15) is 5.10 Å². The molecule has 1 atom stereocenters. The molecule has 144 valence electrons. The molecular weight excluding hydrogens is 418 g/mol. The third-order valence-corrected chi connectivity index (χ3v) is 6.60. The highest BCUT2D eigenvalue weighted by atomic mass is 79.9. The number of likely N-dealkylation sites (tertiary alicyclic amines) is 1. The van der Waals surface area contributed by atoms with Crippen LogP contribution in [-0.4, -0.2) is 40.3 Å². The van der Waals surface area contributed by atoms with E-state index < -0.39 is 5.72 Å². The lowest BCUT2D eigenvalue weighted by atomic mass is 9.90. The van der Waals surface area contributed by atoms with E-state index in [0.717, 1.165) is 40.8 Å². The van der Waals surface area contributed by atoms with Crippen LogP contribution in [0.1, 0.15) is 43.4 Å². The number of piperidine rings is 1. The van der Waals surface area contributed by atoms with Gasteiger partial charge in [0.15, 0.2) is 0 Å². The number of fused-ring (bicyclic) bond motifs is 4. The number of halogens is 1. The van der Waals surface area contributed by atoms with Gasteiger partial charge >= 0.3 is 0 Å². The van der Waals surface area contributed by atoms with Crippen molar-refractivity contribution in [2.24, 2.45) is 5.10 Å². The number of para-hydroxylation sites is 1. The summed E-state index contributed by atoms with van der Waals surface area (Å²) in [6.07, 6.45) is 2.38. The van der Waals surface area contributed by atoms with E-state index in [1.165, 1.54) is 5.56 Å². The minimum atomic E-state index is -0.484. The van der Waals surface area contributed by atoms with Gasteiger partial charge in [0.2, 0.25) is 11.6 Å². The second-order valence-corrected chi connectivity index (χ2v) is 8.63. The van der Waals surface area contributed by atoms with Crippen molar-refractivity contribution in [2.75, 3.05) is 13.1 Å². The summed E-state index contributed by atoms with van der Waals surface area (Å²) in [5.74, 6) is 1.08. The molecule has 0 N–H and O–H groups in total. The Labute approximate surface area is 173 Å². The number of ether oxygens (including phenoxy) is 1. The van der Waals surface area contributed by atoms with Crippen molar-refractivity contribution in [1.29, 1.82) is 0 Å². The van der Waals surface area contributed by atoms with Gasteiger partial charge in [-0.25, -0.2) is 5.01 Å². The minimum Gasteiger partial charge on any atom is -0.466 e. The molecule has 2 aromatic carbocycles. The zero-order valence-electron chi connectivity index (χ0n) is 15.8. The normalized spacial score (nSPS) is 22.4. The third kappa shape index (κ3) is 2.82. The molecule has 0 aromatic heterocycles. The van der Waals surface area contributed by atoms with Crippen molar-refractivity contribution in [1.82, 2.24) is 9.91 Å². The van der Waals surface area contributed by atoms with Crippen molar-refractivity contribution in [3.63, 3.8) is 0 Å². The second kappa shape index (κ2) is 6.62. The fraction of sp³-hybridized carbons (Fsp3) is 0.364. The Kier molecular flexibility index (Phi) is 4.19. The molecule has 0 saturated carbocycles. The van der Waals surface area contributed by atoms with Crippen LogP contribution in [-0.2, 0) is 4.79 Å². The average molecular weight is 440 g/mol. The quantitative estimate of drug-likeness (QED) is 0.663. The number of benzene rings is 2. The molecule has 0 bridgehead atoms. The van der Waals surface area contributed by atoms with Crippen LogP contribution >= 0.6 is 15.9 Å². The monoisotopic (exact) mass is 439 g/mol. The molecule has 0 unspecified atom stereocenters. The predicted molar refractivity (Wildman–Crippen MR) is 111 cm³/mol. The summed E-state index contributed by atoms with van der Waals surface area (Å²) in [7, 11) is 0. The minimum absolute atomic E-state index is 0.128. The van der Waals surface area contributed by atoms with Crippen molar-refractivity contribution in [3.8, 4) is 5.75 Å². The molecule has 5 rings (SSSR count). The first-order chi connectivity index (χ1) is 13.6. The first-order valence-corrected chi connectivity index (χ1v) is 10.5. The van der Waals surface area contributed by atoms with Gasteiger partial charge in [0.25, 0.3) is 0 Å². The highest BCUT2D eigenvalue weighted by Crippen LogP contribution is 2.49. The van der Waals surface area contributed by atoms with E-state index in [0.29, 0.717) is 13.1 Å². The summed E-state index contributed by atoms with van der Waals surface area (Å²) in [4.78, 5) is 13.7. The van der Waals surface area contributed by atoms with E-state index in [1.54, 1.807) is 6.92 Å². The molecule has 1 saturated heterocycles. The van der Waals surface area contributed by atoms with Crippen LogP contribution in [0.2, 0.25) is 0 Å². The number of hydrazone groups is 1. The molecule has 5 nitrogen and oxygen atoms in total. The molecule has 1 amide bonds. The van der Waals surface area contributed by atoms with Crippen molar-refractivity contribution >= 4 is 27.5 Å². The highest BCUT2D eigenvalue weighted by molar-refractivity contribution is 9.10. The summed E-state index contributed by atoms with van der Waals surface area (Å²) in [5, 5.41) is 7.25. The molecule has 1 spiro atoms. The average Bonchev–Trinajstić information content (AvgIpc) is 3.16. The first kappa shape index (κ1) is 17.7. The maximum absolute atomic E-state index is 11.8. The zero-order valence-corrected chi connectivity index (χ0v) is 17.4. The third-order valence-electron chi connectivity index (χ3n) is 6.07. The van der Waals surface area contributed by atoms with Gasteiger partial charge in [-0.3, -0.25) is 4.79 Å². The van der Waals surface area contributed by atoms with E-state index in [9.17, 15) is 4.79 Å². The van der Waals surface area contributed by atoms with E-state index in [1.807, 2.05) is 11.0 Å². The molecule has 1 fully saturated rings. The smallest absolute Gasteiger partial charge is 0.219 e. The van der Waals surface area contributed by atoms with Gasteiger partial charge in [-0.05, 0) is 23.8 Å². The van der Waals surface area contributed by atoms with Gasteiger partial charge in [0.1, 0.15) is 5.75 Å². The topological polar surface area (TPSA) is 45.1 Å². The number of carbonyl (C=O) groups is 1. The highest BCUT2D eigenvalue weighted by Gasteiger charge is 2.51. The van der Waals surface area contributed by atoms with Crippen molar-refractivity contribution < 1.29 is 9.53 Å². The molecule has 3 aliphatic rings. The van der Waals surface area contributed by atoms with Gasteiger partial charge < -0.3 is 9.64 Å². The zero-order chi connectivity index (χ0) is 19.3. The molecule has 3 heterocycles. The number of hydrogen-bond acceptors (Lipinski definition) is 4. The summed E-state index contributed by atoms with van der Waals surface area (Å²) in [6.45, 7) is 3.03. The molecular formula is C22H22BrN3O2. The number of hydrogen-bond donors (Lipinski definition) is 0. The van der Waals surface area contributed by atoms with E-state index in [4.69, 9.17) is 9.84 Å². The van der Waals surface area contributed by atoms with Gasteiger partial charge in [-0.15, -0.1) is 0 Å². The van der Waals surface area contributed by atoms with Gasteiger partial charge in [-0.1, -0.05) is 46.3 Å². The van der Waals surface area contributed by atoms with Crippen LogP contribution in [0.15, 0.2) is 58.1 Å². The SMILES string of the molecule is CC(=O)N1CCC2(CC1)Oc1ccccc1[C@@H]1CC(c3ccc(Br)cc3)=NN12. The van der Waals surface area contributed by atoms with Gasteiger partial charge in [0.05, 0.1) is 11.8 Å². The van der Waals surface area contributed by atoms with Crippen molar-refractivity contribution in [3.05, 3.63) is 64.1 Å². The number of carbonyl (C=O) groups excluding carboxylic acids is 1. The van der Waals surface area contributed by atoms with E-state index in [-0.39, 0.29) is 11.9 Å². The lowest BCUT2D eigenvalue weighted by Gasteiger charge is -2.51. The molecule has 0 radical (unpaired) electrons. The number of rotatable bonds is 1. The first-order valence-electron chi connectivity index (χ1n) is 9.72. The molecule has 0 aliphatic carbocycles. The fourth-order valence-electron chi connectivity index (χ4n) is 4.55. The summed E-state index contributed by atoms with van der Waals surface area (Å²) < 4.78 is 7.64. The van der Waals surface area contributed by atoms with E-state index in [2.05, 4.69) is 63.4 Å². The lowest BCUT2D eigenvalue weighted by Crippen LogP contribution is -2.59. The largest absolute Gasteiger partial charge is 0.466 e. The lowest BCUT2D eigenvalue weighted by molar-refractivity contribution is -0.158. The second-order valence-electron chi connectivity index (χ2n) is 7.71. The van der Waals surface area contributed by atoms with Crippen LogP contribution in [0.5, 0.6) is 5.75 Å². The summed E-state index contributed by atoms with van der Waals surface area (Å²) in [6, 6.07) is 16.8. The molecule has 3 aliphatic heterocycles. The Morgan fingerprint density at radius 1 is 1.14 bits per heavy atom. The Hall–Kier alpha value is -2.34. The molecule has 6 heteroatoms. The summed E-state index contributed by atoms with van der Waals surface area (Å²) in [5.41, 5.74) is 2.94. The standard InChI is InChI=1S/C22H22BrN3O2/c1-15(27)25-12-10-22(11-13-25)26-20(18-4-2-3-5-21(18)28-22)14-19(24-26)16-6-8-17(23)9-7-16/h2-9,20H,10-14H2,1H3/t20-/m0/s1. The van der Waals surface area contributed by atoms with Crippen LogP contribution in [0.4, 0.5) is 0 Å². The van der Waals surface area contributed by atoms with Crippen LogP contribution < -0.4 is 4.74 Å².